The SMILES string of the molecule is CN(C)N1C(N)=C(C#N)[C@@H](c2ccc(Br)cc2)C2=C1C[C@H](c1ccccc1)CC2=O. The van der Waals surface area contributed by atoms with Crippen molar-refractivity contribution in [2.24, 2.45) is 5.73 Å². The third-order valence-corrected chi connectivity index (χ3v) is 6.34. The smallest absolute Gasteiger partial charge is 0.162 e. The van der Waals surface area contributed by atoms with Gasteiger partial charge < -0.3 is 5.73 Å². The number of carbonyl (C=O) groups excluding carboxylic acids is 1. The molecule has 30 heavy (non-hydrogen) atoms. The maximum atomic E-state index is 13.5. The lowest BCUT2D eigenvalue weighted by Gasteiger charge is -2.43. The molecule has 2 aliphatic rings. The number of allylic oxidation sites excluding steroid dienone is 3. The van der Waals surface area contributed by atoms with Crippen molar-refractivity contribution >= 4 is 21.7 Å². The molecule has 4 rings (SSSR count). The Morgan fingerprint density at radius 2 is 1.73 bits per heavy atom. The number of nitrogens with zero attached hydrogens (tertiary/aromatic N) is 3. The lowest BCUT2D eigenvalue weighted by atomic mass is 9.72. The highest BCUT2D eigenvalue weighted by atomic mass is 79.9. The number of ketones is 1. The van der Waals surface area contributed by atoms with Gasteiger partial charge in [0.1, 0.15) is 5.82 Å². The van der Waals surface area contributed by atoms with E-state index in [0.29, 0.717) is 29.8 Å². The molecule has 2 aromatic carbocycles. The van der Waals surface area contributed by atoms with E-state index >= 15 is 0 Å². The summed E-state index contributed by atoms with van der Waals surface area (Å²) in [6, 6.07) is 20.2. The molecule has 1 aliphatic heterocycles. The van der Waals surface area contributed by atoms with Crippen LogP contribution in [0.4, 0.5) is 0 Å². The van der Waals surface area contributed by atoms with Crippen molar-refractivity contribution in [2.45, 2.75) is 24.7 Å². The molecule has 2 N–H and O–H groups in total. The van der Waals surface area contributed by atoms with E-state index in [1.54, 1.807) is 0 Å². The normalized spacial score (nSPS) is 21.7. The van der Waals surface area contributed by atoms with Crippen LogP contribution < -0.4 is 5.73 Å². The number of halogens is 1. The summed E-state index contributed by atoms with van der Waals surface area (Å²) in [6.07, 6.45) is 1.12. The molecular formula is C24H23BrN4O. The van der Waals surface area contributed by atoms with Gasteiger partial charge in [0.25, 0.3) is 0 Å². The predicted octanol–water partition coefficient (Wildman–Crippen LogP) is 4.42. The van der Waals surface area contributed by atoms with Crippen molar-refractivity contribution < 1.29 is 4.79 Å². The Kier molecular flexibility index (Phi) is 5.50. The average Bonchev–Trinajstić information content (AvgIpc) is 2.73. The van der Waals surface area contributed by atoms with E-state index in [1.165, 1.54) is 0 Å². The largest absolute Gasteiger partial charge is 0.383 e. The number of Topliss-reactive ketones (excluding diaryl/α,β-unsaturated/α-hetero) is 1. The minimum atomic E-state index is -0.446. The Morgan fingerprint density at radius 1 is 1.07 bits per heavy atom. The highest BCUT2D eigenvalue weighted by Crippen LogP contribution is 2.48. The fraction of sp³-hybridized carbons (Fsp3) is 0.250. The number of nitrogens with two attached hydrogens (primary N) is 1. The number of hydrogen-bond donors (Lipinski definition) is 1. The highest BCUT2D eigenvalue weighted by Gasteiger charge is 2.43. The highest BCUT2D eigenvalue weighted by molar-refractivity contribution is 9.10. The van der Waals surface area contributed by atoms with Crippen molar-refractivity contribution in [1.29, 1.82) is 5.26 Å². The fourth-order valence-electron chi connectivity index (χ4n) is 4.52. The molecule has 0 spiro atoms. The summed E-state index contributed by atoms with van der Waals surface area (Å²) in [7, 11) is 3.76. The second kappa shape index (κ2) is 8.10. The van der Waals surface area contributed by atoms with E-state index in [2.05, 4.69) is 34.1 Å². The molecule has 0 fully saturated rings. The maximum Gasteiger partial charge on any atom is 0.162 e. The Labute approximate surface area is 185 Å². The minimum Gasteiger partial charge on any atom is -0.383 e. The quantitative estimate of drug-likeness (QED) is 0.730. The fourth-order valence-corrected chi connectivity index (χ4v) is 4.78. The number of rotatable bonds is 3. The van der Waals surface area contributed by atoms with Crippen LogP contribution >= 0.6 is 15.9 Å². The van der Waals surface area contributed by atoms with Gasteiger partial charge in [-0.1, -0.05) is 58.4 Å². The van der Waals surface area contributed by atoms with E-state index in [4.69, 9.17) is 5.73 Å². The van der Waals surface area contributed by atoms with Crippen molar-refractivity contribution in [2.75, 3.05) is 14.1 Å². The first-order valence-electron chi connectivity index (χ1n) is 9.86. The Balaban J connectivity index is 1.89. The van der Waals surface area contributed by atoms with E-state index in [-0.39, 0.29) is 11.7 Å². The van der Waals surface area contributed by atoms with Crippen LogP contribution in [0, 0.1) is 11.3 Å². The van der Waals surface area contributed by atoms with Crippen LogP contribution in [0.5, 0.6) is 0 Å². The molecule has 1 heterocycles. The van der Waals surface area contributed by atoms with Gasteiger partial charge in [0.2, 0.25) is 0 Å². The van der Waals surface area contributed by atoms with Crippen molar-refractivity contribution in [3.63, 3.8) is 0 Å². The summed E-state index contributed by atoms with van der Waals surface area (Å²) < 4.78 is 0.945. The molecule has 0 radical (unpaired) electrons. The first-order chi connectivity index (χ1) is 14.4. The number of nitriles is 1. The molecule has 152 valence electrons. The number of hydrazine groups is 1. The monoisotopic (exact) mass is 462 g/mol. The predicted molar refractivity (Wildman–Crippen MR) is 120 cm³/mol. The molecule has 1 aliphatic carbocycles. The Morgan fingerprint density at radius 3 is 2.33 bits per heavy atom. The van der Waals surface area contributed by atoms with Crippen molar-refractivity contribution in [3.8, 4) is 6.07 Å². The third kappa shape index (κ3) is 3.45. The van der Waals surface area contributed by atoms with E-state index < -0.39 is 5.92 Å². The van der Waals surface area contributed by atoms with Crippen LogP contribution in [-0.4, -0.2) is 29.9 Å². The van der Waals surface area contributed by atoms with Gasteiger partial charge in [-0.25, -0.2) is 5.01 Å². The summed E-state index contributed by atoms with van der Waals surface area (Å²) in [6.45, 7) is 0. The van der Waals surface area contributed by atoms with Crippen LogP contribution in [0.15, 0.2) is 81.7 Å². The van der Waals surface area contributed by atoms with E-state index in [0.717, 1.165) is 21.3 Å². The van der Waals surface area contributed by atoms with Gasteiger partial charge in [-0.2, -0.15) is 5.26 Å². The van der Waals surface area contributed by atoms with Gasteiger partial charge in [-0.15, -0.1) is 0 Å². The van der Waals surface area contributed by atoms with Gasteiger partial charge in [0.05, 0.1) is 17.6 Å². The second-order valence-electron chi connectivity index (χ2n) is 7.85. The Hall–Kier alpha value is -2.88. The maximum absolute atomic E-state index is 13.5. The molecule has 0 saturated heterocycles. The standard InChI is InChI=1S/C24H23BrN4O/c1-28(2)29-20-12-17(15-6-4-3-5-7-15)13-21(30)23(20)22(19(14-26)24(29)27)16-8-10-18(25)11-9-16/h3-11,17,22H,12-13,27H2,1-2H3/t17-,22+/m0/s1. The zero-order valence-electron chi connectivity index (χ0n) is 17.0. The lowest BCUT2D eigenvalue weighted by Crippen LogP contribution is -2.46. The van der Waals surface area contributed by atoms with E-state index in [1.807, 2.05) is 66.6 Å². The summed E-state index contributed by atoms with van der Waals surface area (Å²) in [4.78, 5) is 13.5. The third-order valence-electron chi connectivity index (χ3n) is 5.81. The van der Waals surface area contributed by atoms with Crippen molar-refractivity contribution in [1.82, 2.24) is 10.0 Å². The van der Waals surface area contributed by atoms with Gasteiger partial charge in [-0.05, 0) is 35.6 Å². The van der Waals surface area contributed by atoms with Gasteiger partial charge in [0, 0.05) is 36.3 Å². The molecule has 0 saturated carbocycles. The first kappa shape index (κ1) is 20.4. The summed E-state index contributed by atoms with van der Waals surface area (Å²) >= 11 is 3.46. The molecule has 2 atom stereocenters. The van der Waals surface area contributed by atoms with Gasteiger partial charge in [-0.3, -0.25) is 9.80 Å². The average molecular weight is 463 g/mol. The van der Waals surface area contributed by atoms with Gasteiger partial charge in [0.15, 0.2) is 5.78 Å². The topological polar surface area (TPSA) is 73.4 Å². The Bertz CT molecular complexity index is 1080. The molecule has 6 heteroatoms. The number of hydrogen-bond acceptors (Lipinski definition) is 5. The first-order valence-corrected chi connectivity index (χ1v) is 10.7. The second-order valence-corrected chi connectivity index (χ2v) is 8.77. The van der Waals surface area contributed by atoms with E-state index in [9.17, 15) is 10.1 Å². The molecule has 0 bridgehead atoms. The molecular weight excluding hydrogens is 440 g/mol. The molecule has 0 aromatic heterocycles. The number of carbonyl (C=O) groups is 1. The lowest BCUT2D eigenvalue weighted by molar-refractivity contribution is -0.117. The summed E-state index contributed by atoms with van der Waals surface area (Å²) in [5.41, 5.74) is 10.5. The van der Waals surface area contributed by atoms with Crippen molar-refractivity contribution in [3.05, 3.63) is 92.9 Å². The zero-order chi connectivity index (χ0) is 21.4. The minimum absolute atomic E-state index is 0.0742. The molecule has 0 unspecified atom stereocenters. The number of benzene rings is 2. The van der Waals surface area contributed by atoms with Crippen LogP contribution in [0.3, 0.4) is 0 Å². The van der Waals surface area contributed by atoms with Gasteiger partial charge >= 0.3 is 0 Å². The van der Waals surface area contributed by atoms with Crippen LogP contribution in [-0.2, 0) is 4.79 Å². The van der Waals surface area contributed by atoms with Crippen LogP contribution in [0.1, 0.15) is 35.8 Å². The summed E-state index contributed by atoms with van der Waals surface area (Å²) in [5, 5.41) is 13.7. The summed E-state index contributed by atoms with van der Waals surface area (Å²) in [5.74, 6) is 0.0984. The van der Waals surface area contributed by atoms with Crippen LogP contribution in [0.2, 0.25) is 0 Å². The molecule has 5 nitrogen and oxygen atoms in total. The molecule has 0 amide bonds. The van der Waals surface area contributed by atoms with Crippen LogP contribution in [0.25, 0.3) is 0 Å². The zero-order valence-corrected chi connectivity index (χ0v) is 18.6. The molecule has 2 aromatic rings.